The maximum atomic E-state index is 13.7. The van der Waals surface area contributed by atoms with Crippen LogP contribution in [0.15, 0.2) is 73.3 Å². The second-order valence-electron chi connectivity index (χ2n) is 12.3. The van der Waals surface area contributed by atoms with Crippen LogP contribution in [0.2, 0.25) is 0 Å². The summed E-state index contributed by atoms with van der Waals surface area (Å²) >= 11 is 0. The number of benzene rings is 2. The van der Waals surface area contributed by atoms with E-state index in [2.05, 4.69) is 30.7 Å². The third-order valence-corrected chi connectivity index (χ3v) is 9.03. The van der Waals surface area contributed by atoms with Crippen LogP contribution < -0.4 is 20.1 Å². The Labute approximate surface area is 282 Å². The summed E-state index contributed by atoms with van der Waals surface area (Å²) in [5, 5.41) is 10.3. The molecule has 6 heterocycles. The molecule has 3 aliphatic heterocycles. The zero-order chi connectivity index (χ0) is 33.9. The Morgan fingerprint density at radius 2 is 1.84 bits per heavy atom. The summed E-state index contributed by atoms with van der Waals surface area (Å²) in [6.07, 6.45) is 5.57. The highest BCUT2D eigenvalue weighted by molar-refractivity contribution is 5.95. The maximum absolute atomic E-state index is 13.7. The number of nitrogens with zero attached hydrogens (tertiary/aromatic N) is 6. The molecule has 3 aliphatic rings. The first-order chi connectivity index (χ1) is 23.8. The SMILES string of the molecule is Cc1nc2ncnn2c(C)c1CCC(=O)N1CC[C@@H]2Oc3ccc(cc3)CNC(=O)COc3cccc(c3)-c3cncc(c3)C(=O)N[C@@H]2C1. The van der Waals surface area contributed by atoms with Gasteiger partial charge in [0.2, 0.25) is 5.91 Å². The predicted octanol–water partition coefficient (Wildman–Crippen LogP) is 3.22. The largest absolute Gasteiger partial charge is 0.488 e. The van der Waals surface area contributed by atoms with Crippen molar-refractivity contribution in [1.82, 2.24) is 40.1 Å². The van der Waals surface area contributed by atoms with Gasteiger partial charge in [0.05, 0.1) is 11.6 Å². The number of carbonyl (C=O) groups is 3. The topological polar surface area (TPSA) is 153 Å². The van der Waals surface area contributed by atoms with E-state index in [1.165, 1.54) is 12.5 Å². The summed E-state index contributed by atoms with van der Waals surface area (Å²) in [4.78, 5) is 54.7. The molecule has 0 saturated carbocycles. The fourth-order valence-corrected chi connectivity index (χ4v) is 6.34. The number of hydrogen-bond donors (Lipinski definition) is 2. The number of piperidine rings is 1. The maximum Gasteiger partial charge on any atom is 0.258 e. The first-order valence-corrected chi connectivity index (χ1v) is 16.3. The third kappa shape index (κ3) is 7.05. The molecular formula is C36H36N8O5. The molecule has 3 amide bonds. The number of aryl methyl sites for hydroxylation is 2. The molecule has 1 saturated heterocycles. The highest BCUT2D eigenvalue weighted by Gasteiger charge is 2.34. The number of likely N-dealkylation sites (tertiary alicyclic amines) is 1. The molecule has 250 valence electrons. The lowest BCUT2D eigenvalue weighted by atomic mass is 9.99. The Hall–Kier alpha value is -5.85. The Bertz CT molecular complexity index is 2030. The quantitative estimate of drug-likeness (QED) is 0.297. The van der Waals surface area contributed by atoms with Crippen LogP contribution in [0, 0.1) is 13.8 Å². The molecule has 6 bridgehead atoms. The summed E-state index contributed by atoms with van der Waals surface area (Å²) < 4.78 is 13.9. The van der Waals surface area contributed by atoms with E-state index >= 15 is 0 Å². The highest BCUT2D eigenvalue weighted by atomic mass is 16.5. The van der Waals surface area contributed by atoms with Gasteiger partial charge in [-0.1, -0.05) is 24.3 Å². The van der Waals surface area contributed by atoms with E-state index in [0.29, 0.717) is 54.3 Å². The normalized spacial score (nSPS) is 18.1. The number of nitrogens with one attached hydrogen (secondary N) is 2. The van der Waals surface area contributed by atoms with Gasteiger partial charge in [-0.2, -0.15) is 10.1 Å². The molecule has 2 N–H and O–H groups in total. The molecule has 2 atom stereocenters. The van der Waals surface area contributed by atoms with Gasteiger partial charge in [0.25, 0.3) is 17.6 Å². The lowest BCUT2D eigenvalue weighted by Crippen LogP contribution is -2.58. The number of rotatable bonds is 3. The zero-order valence-corrected chi connectivity index (χ0v) is 27.3. The van der Waals surface area contributed by atoms with Crippen molar-refractivity contribution < 1.29 is 23.9 Å². The van der Waals surface area contributed by atoms with E-state index in [4.69, 9.17) is 9.47 Å². The smallest absolute Gasteiger partial charge is 0.258 e. The second kappa shape index (κ2) is 13.7. The van der Waals surface area contributed by atoms with E-state index in [1.807, 2.05) is 50.2 Å². The minimum atomic E-state index is -0.494. The average Bonchev–Trinajstić information content (AvgIpc) is 3.59. The zero-order valence-electron chi connectivity index (χ0n) is 27.3. The summed E-state index contributed by atoms with van der Waals surface area (Å²) in [5.74, 6) is 1.09. The van der Waals surface area contributed by atoms with Crippen LogP contribution in [0.1, 0.15) is 45.7 Å². The molecule has 13 nitrogen and oxygen atoms in total. The van der Waals surface area contributed by atoms with Gasteiger partial charge in [0.1, 0.15) is 23.9 Å². The van der Waals surface area contributed by atoms with Crippen molar-refractivity contribution in [2.45, 2.75) is 51.8 Å². The molecular weight excluding hydrogens is 624 g/mol. The van der Waals surface area contributed by atoms with E-state index < -0.39 is 12.1 Å². The Kier molecular flexibility index (Phi) is 8.88. The molecule has 8 rings (SSSR count). The molecule has 13 heteroatoms. The standard InChI is InChI=1S/C36H36N8O5/c1-22-30(23(2)44-36(41-22)39-21-40-44)10-11-34(46)43-13-12-32-31(19-43)42-35(47)27-14-26(17-37-18-27)25-4-3-5-29(15-25)48-20-33(45)38-16-24-6-8-28(49-32)9-7-24/h3-9,14-15,17-18,21,31-32H,10-13,16,19-20H2,1-2H3,(H,38,45)(H,42,47)/t31-,32+/m1/s1. The van der Waals surface area contributed by atoms with Crippen LogP contribution in [0.5, 0.6) is 11.5 Å². The van der Waals surface area contributed by atoms with Crippen LogP contribution in [0.25, 0.3) is 16.9 Å². The van der Waals surface area contributed by atoms with Crippen molar-refractivity contribution in [2.75, 3.05) is 19.7 Å². The van der Waals surface area contributed by atoms with Crippen molar-refractivity contribution in [3.05, 3.63) is 101 Å². The number of ether oxygens (including phenoxy) is 2. The molecule has 0 aliphatic carbocycles. The van der Waals surface area contributed by atoms with Gasteiger partial charge in [-0.25, -0.2) is 9.50 Å². The van der Waals surface area contributed by atoms with Crippen LogP contribution >= 0.6 is 0 Å². The molecule has 3 aromatic heterocycles. The molecule has 0 spiro atoms. The predicted molar refractivity (Wildman–Crippen MR) is 179 cm³/mol. The van der Waals surface area contributed by atoms with E-state index in [0.717, 1.165) is 28.1 Å². The molecule has 2 aromatic carbocycles. The molecule has 0 radical (unpaired) electrons. The van der Waals surface area contributed by atoms with Gasteiger partial charge >= 0.3 is 0 Å². The first-order valence-electron chi connectivity index (χ1n) is 16.3. The van der Waals surface area contributed by atoms with Crippen molar-refractivity contribution >= 4 is 23.5 Å². The molecule has 49 heavy (non-hydrogen) atoms. The fourth-order valence-electron chi connectivity index (χ4n) is 6.34. The van der Waals surface area contributed by atoms with Crippen LogP contribution in [-0.2, 0) is 22.6 Å². The summed E-state index contributed by atoms with van der Waals surface area (Å²) in [6.45, 7) is 4.83. The molecule has 5 aromatic rings. The monoisotopic (exact) mass is 660 g/mol. The molecule has 0 unspecified atom stereocenters. The number of carbonyl (C=O) groups excluding carboxylic acids is 3. The van der Waals surface area contributed by atoms with Crippen molar-refractivity contribution in [1.29, 1.82) is 0 Å². The summed E-state index contributed by atoms with van der Waals surface area (Å²) in [7, 11) is 0. The van der Waals surface area contributed by atoms with Crippen molar-refractivity contribution in [3.8, 4) is 22.6 Å². The minimum absolute atomic E-state index is 0.0196. The van der Waals surface area contributed by atoms with E-state index in [9.17, 15) is 14.4 Å². The van der Waals surface area contributed by atoms with Gasteiger partial charge in [-0.15, -0.1) is 0 Å². The van der Waals surface area contributed by atoms with Crippen molar-refractivity contribution in [3.63, 3.8) is 0 Å². The van der Waals surface area contributed by atoms with Gasteiger partial charge in [0, 0.05) is 61.8 Å². The highest BCUT2D eigenvalue weighted by Crippen LogP contribution is 2.26. The van der Waals surface area contributed by atoms with Crippen LogP contribution in [0.4, 0.5) is 0 Å². The first kappa shape index (κ1) is 31.7. The molecule has 1 fully saturated rings. The number of aromatic nitrogens is 5. The van der Waals surface area contributed by atoms with Gasteiger partial charge < -0.3 is 25.0 Å². The summed E-state index contributed by atoms with van der Waals surface area (Å²) in [6, 6.07) is 16.0. The number of amides is 3. The van der Waals surface area contributed by atoms with Crippen LogP contribution in [0.3, 0.4) is 0 Å². The Balaban J connectivity index is 1.13. The van der Waals surface area contributed by atoms with E-state index in [1.54, 1.807) is 33.8 Å². The number of hydrogen-bond acceptors (Lipinski definition) is 9. The van der Waals surface area contributed by atoms with Gasteiger partial charge in [0.15, 0.2) is 6.61 Å². The number of pyridine rings is 1. The second-order valence-corrected chi connectivity index (χ2v) is 12.3. The lowest BCUT2D eigenvalue weighted by molar-refractivity contribution is -0.133. The van der Waals surface area contributed by atoms with Gasteiger partial charge in [-0.3, -0.25) is 19.4 Å². The summed E-state index contributed by atoms with van der Waals surface area (Å²) in [5.41, 5.74) is 5.47. The van der Waals surface area contributed by atoms with Crippen LogP contribution in [-0.4, -0.2) is 79.0 Å². The van der Waals surface area contributed by atoms with Crippen molar-refractivity contribution in [2.24, 2.45) is 0 Å². The third-order valence-electron chi connectivity index (χ3n) is 9.03. The fraction of sp³-hybridized carbons (Fsp3) is 0.306. The average molecular weight is 661 g/mol. The lowest BCUT2D eigenvalue weighted by Gasteiger charge is -2.39. The number of fused-ring (bicyclic) bond motifs is 8. The Morgan fingerprint density at radius 1 is 1.00 bits per heavy atom. The van der Waals surface area contributed by atoms with Gasteiger partial charge in [-0.05, 0) is 67.3 Å². The Morgan fingerprint density at radius 3 is 2.69 bits per heavy atom. The van der Waals surface area contributed by atoms with E-state index in [-0.39, 0.29) is 37.3 Å². The minimum Gasteiger partial charge on any atom is -0.488 e.